The van der Waals surface area contributed by atoms with Gasteiger partial charge in [0.15, 0.2) is 0 Å². The van der Waals surface area contributed by atoms with E-state index in [2.05, 4.69) is 83.3 Å². The molecule has 0 rings (SSSR count). The SMILES string of the molecule is C=C/C(=C\C=C(/C=C)N=N/C(C=C)=C/C=C(\C=C)OBC(=O)O)N=N/C(C=C)=C/C=C(\C=C)N=N/C(C=C)=C/C=C(\C=C)OBC(=O)O. The van der Waals surface area contributed by atoms with Crippen LogP contribution in [-0.2, 0) is 9.31 Å². The van der Waals surface area contributed by atoms with Crippen LogP contribution in [0.15, 0.2) is 226 Å². The van der Waals surface area contributed by atoms with Gasteiger partial charge in [0.05, 0.1) is 45.7 Å². The van der Waals surface area contributed by atoms with Crippen LogP contribution in [0.3, 0.4) is 0 Å². The average molecular weight is 646 g/mol. The van der Waals surface area contributed by atoms with Crippen molar-refractivity contribution in [2.24, 2.45) is 30.7 Å². The molecule has 12 nitrogen and oxygen atoms in total. The van der Waals surface area contributed by atoms with Gasteiger partial charge in [-0.2, -0.15) is 30.7 Å². The van der Waals surface area contributed by atoms with Gasteiger partial charge in [-0.15, -0.1) is 0 Å². The van der Waals surface area contributed by atoms with Crippen molar-refractivity contribution >= 4 is 26.7 Å². The average Bonchev–Trinajstić information content (AvgIpc) is 3.09. The number of azo groups is 3. The van der Waals surface area contributed by atoms with Crippen LogP contribution < -0.4 is 0 Å². The predicted molar refractivity (Wildman–Crippen MR) is 193 cm³/mol. The molecule has 48 heavy (non-hydrogen) atoms. The first-order valence-corrected chi connectivity index (χ1v) is 13.7. The van der Waals surface area contributed by atoms with E-state index in [1.165, 1.54) is 72.9 Å². The number of nitrogens with zero attached hydrogens (tertiary/aromatic N) is 6. The van der Waals surface area contributed by atoms with E-state index in [1.54, 1.807) is 24.3 Å². The summed E-state index contributed by atoms with van der Waals surface area (Å²) in [6.07, 6.45) is 23.9. The zero-order valence-corrected chi connectivity index (χ0v) is 26.5. The lowest BCUT2D eigenvalue weighted by Gasteiger charge is -2.01. The highest BCUT2D eigenvalue weighted by atomic mass is 16.5. The predicted octanol–water partition coefficient (Wildman–Crippen LogP) is 8.99. The molecular formula is C34H36B2N6O6. The number of hydrogen-bond donors (Lipinski definition) is 2. The first-order chi connectivity index (χ1) is 23.1. The largest absolute Gasteiger partial charge is 0.553 e. The Morgan fingerprint density at radius 2 is 0.604 bits per heavy atom. The van der Waals surface area contributed by atoms with E-state index in [-0.39, 0.29) is 11.5 Å². The molecule has 0 amide bonds. The summed E-state index contributed by atoms with van der Waals surface area (Å²) in [4.78, 5) is 21.4. The van der Waals surface area contributed by atoms with Crippen LogP contribution >= 0.6 is 0 Å². The molecule has 0 unspecified atom stereocenters. The third-order valence-corrected chi connectivity index (χ3v) is 4.91. The molecule has 0 aromatic rings. The number of allylic oxidation sites excluding steroid dienone is 16. The molecule has 0 saturated carbocycles. The maximum absolute atomic E-state index is 10.7. The Hall–Kier alpha value is -6.69. The molecule has 0 bridgehead atoms. The summed E-state index contributed by atoms with van der Waals surface area (Å²) in [6, 6.07) is 0. The minimum Gasteiger partial charge on any atom is -0.553 e. The Morgan fingerprint density at radius 1 is 0.396 bits per heavy atom. The van der Waals surface area contributed by atoms with Gasteiger partial charge in [-0.25, -0.2) is 0 Å². The van der Waals surface area contributed by atoms with Gasteiger partial charge in [0.25, 0.3) is 11.7 Å². The number of hydrogen-bond acceptors (Lipinski definition) is 10. The van der Waals surface area contributed by atoms with Crippen LogP contribution in [0.1, 0.15) is 0 Å². The Labute approximate surface area is 281 Å². The Balaban J connectivity index is 5.95. The summed E-state index contributed by atoms with van der Waals surface area (Å²) in [7, 11) is -1.03. The van der Waals surface area contributed by atoms with Gasteiger partial charge < -0.3 is 19.5 Å². The van der Waals surface area contributed by atoms with Crippen LogP contribution in [0.5, 0.6) is 0 Å². The van der Waals surface area contributed by atoms with Crippen molar-refractivity contribution in [1.29, 1.82) is 0 Å². The summed E-state index contributed by atoms with van der Waals surface area (Å²) in [5.41, 5.74) is 2.26. The summed E-state index contributed by atoms with van der Waals surface area (Å²) in [6.45, 7) is 29.5. The van der Waals surface area contributed by atoms with Crippen LogP contribution in [0.2, 0.25) is 0 Å². The Kier molecular flexibility index (Phi) is 22.0. The molecule has 0 saturated heterocycles. The molecule has 0 aliphatic rings. The lowest BCUT2D eigenvalue weighted by molar-refractivity contribution is 0.214. The van der Waals surface area contributed by atoms with E-state index in [0.29, 0.717) is 34.2 Å². The Morgan fingerprint density at radius 3 is 0.771 bits per heavy atom. The van der Waals surface area contributed by atoms with Crippen molar-refractivity contribution in [2.75, 3.05) is 0 Å². The van der Waals surface area contributed by atoms with Crippen molar-refractivity contribution in [1.82, 2.24) is 0 Å². The van der Waals surface area contributed by atoms with Gasteiger partial charge in [0.1, 0.15) is 0 Å². The maximum Gasteiger partial charge on any atom is 0.467 e. The zero-order chi connectivity index (χ0) is 36.2. The van der Waals surface area contributed by atoms with Gasteiger partial charge in [-0.05, 0) is 97.2 Å². The van der Waals surface area contributed by atoms with Gasteiger partial charge >= 0.3 is 15.0 Å². The highest BCUT2D eigenvalue weighted by Gasteiger charge is 2.04. The fourth-order valence-electron chi connectivity index (χ4n) is 2.52. The van der Waals surface area contributed by atoms with E-state index in [0.717, 1.165) is 0 Å². The van der Waals surface area contributed by atoms with Crippen LogP contribution in [-0.4, -0.2) is 36.9 Å². The van der Waals surface area contributed by atoms with E-state index in [4.69, 9.17) is 19.5 Å². The van der Waals surface area contributed by atoms with Gasteiger partial charge in [-0.1, -0.05) is 52.6 Å². The van der Waals surface area contributed by atoms with E-state index in [1.807, 2.05) is 0 Å². The number of carboxylic acid groups (broad SMARTS) is 2. The minimum atomic E-state index is -1.12. The molecular weight excluding hydrogens is 610 g/mol. The molecule has 244 valence electrons. The summed E-state index contributed by atoms with van der Waals surface area (Å²) < 4.78 is 10.2. The second-order valence-electron chi connectivity index (χ2n) is 8.29. The second kappa shape index (κ2) is 25.6. The van der Waals surface area contributed by atoms with Crippen LogP contribution in [0, 0.1) is 0 Å². The van der Waals surface area contributed by atoms with Crippen LogP contribution in [0.4, 0.5) is 9.59 Å². The highest BCUT2D eigenvalue weighted by molar-refractivity contribution is 6.66. The molecule has 0 aliphatic heterocycles. The van der Waals surface area contributed by atoms with E-state index in [9.17, 15) is 9.59 Å². The number of carbonyl (C=O) groups is 2. The third-order valence-electron chi connectivity index (χ3n) is 4.91. The molecule has 0 aliphatic carbocycles. The monoisotopic (exact) mass is 646 g/mol. The quantitative estimate of drug-likeness (QED) is 0.0459. The Bertz CT molecular complexity index is 1500. The highest BCUT2D eigenvalue weighted by Crippen LogP contribution is 2.12. The van der Waals surface area contributed by atoms with Crippen molar-refractivity contribution in [3.8, 4) is 0 Å². The lowest BCUT2D eigenvalue weighted by atomic mass is 10.0. The second-order valence-corrected chi connectivity index (χ2v) is 8.29. The van der Waals surface area contributed by atoms with E-state index < -0.39 is 26.7 Å². The van der Waals surface area contributed by atoms with Crippen LogP contribution in [0.25, 0.3) is 0 Å². The van der Waals surface area contributed by atoms with Crippen molar-refractivity contribution in [3.63, 3.8) is 0 Å². The molecule has 0 fully saturated rings. The van der Waals surface area contributed by atoms with Gasteiger partial charge in [-0.3, -0.25) is 9.59 Å². The topological polar surface area (TPSA) is 167 Å². The molecule has 0 radical (unpaired) electrons. The lowest BCUT2D eigenvalue weighted by Crippen LogP contribution is -2.08. The van der Waals surface area contributed by atoms with Crippen molar-refractivity contribution in [2.45, 2.75) is 0 Å². The molecule has 0 heterocycles. The first kappa shape index (κ1) is 41.3. The van der Waals surface area contributed by atoms with Crippen molar-refractivity contribution in [3.05, 3.63) is 196 Å². The maximum atomic E-state index is 10.7. The van der Waals surface area contributed by atoms with Gasteiger partial charge in [0.2, 0.25) is 0 Å². The minimum absolute atomic E-state index is 0.234. The summed E-state index contributed by atoms with van der Waals surface area (Å²) in [5, 5.41) is 42.3. The van der Waals surface area contributed by atoms with Gasteiger partial charge in [0, 0.05) is 0 Å². The summed E-state index contributed by atoms with van der Waals surface area (Å²) >= 11 is 0. The smallest absolute Gasteiger partial charge is 0.467 e. The van der Waals surface area contributed by atoms with E-state index >= 15 is 0 Å². The number of rotatable bonds is 24. The zero-order valence-electron chi connectivity index (χ0n) is 26.5. The molecule has 0 aromatic heterocycles. The third kappa shape index (κ3) is 19.6. The molecule has 2 N–H and O–H groups in total. The molecule has 0 aromatic carbocycles. The standard InChI is InChI=1S/C34H36B2N6O6/c1-9-25(17-19-27(11-3)39-41-29(13-5)21-23-31(15-7)47-35-33(43)44)37-38-26(10-2)18-20-28(12-4)40-42-30(14-6)22-24-32(16-8)48-36-34(45)46/h9-24,35-36H,1-8H2,(H,43,44)(H,45,46)/b25-17+,26-18+,27-19+,28-20+,29-21+,30-22+,31-23+,32-24+,38-37?,41-39?,42-40?. The molecule has 0 spiro atoms. The summed E-state index contributed by atoms with van der Waals surface area (Å²) in [5.74, 6) is -1.77. The first-order valence-electron chi connectivity index (χ1n) is 13.7. The fraction of sp³-hybridized carbons (Fsp3) is 0. The molecule has 0 atom stereocenters. The normalized spacial score (nSPS) is 13.9. The fourth-order valence-corrected chi connectivity index (χ4v) is 2.52. The van der Waals surface area contributed by atoms with Crippen molar-refractivity contribution < 1.29 is 29.1 Å². The molecule has 14 heteroatoms.